The van der Waals surface area contributed by atoms with Crippen molar-refractivity contribution >= 4 is 44.8 Å². The van der Waals surface area contributed by atoms with E-state index in [2.05, 4.69) is 50.1 Å². The summed E-state index contributed by atoms with van der Waals surface area (Å²) in [7, 11) is 0. The minimum absolute atomic E-state index is 0.121. The van der Waals surface area contributed by atoms with E-state index in [-0.39, 0.29) is 10.6 Å². The lowest BCUT2D eigenvalue weighted by Crippen LogP contribution is -2.46. The molecule has 2 aromatic heterocycles. The molecule has 0 bridgehead atoms. The van der Waals surface area contributed by atoms with Crippen LogP contribution < -0.4 is 4.90 Å². The molecule has 0 spiro atoms. The molecule has 3 heterocycles. The van der Waals surface area contributed by atoms with Crippen LogP contribution in [0.2, 0.25) is 0 Å². The molecule has 0 unspecified atom stereocenters. The number of benzene rings is 2. The SMILES string of the molecule is O=[N+]([O-])c1ccccc1Sc1cc2c(N3CCN(Cc4ccccc4)CC3)ncnc2s1. The second kappa shape index (κ2) is 9.23. The first kappa shape index (κ1) is 20.9. The number of nitro groups is 1. The number of piperazine rings is 1. The molecule has 0 radical (unpaired) electrons. The molecule has 0 amide bonds. The highest BCUT2D eigenvalue weighted by Crippen LogP contribution is 2.41. The summed E-state index contributed by atoms with van der Waals surface area (Å²) >= 11 is 2.95. The smallest absolute Gasteiger partial charge is 0.283 e. The van der Waals surface area contributed by atoms with E-state index in [1.807, 2.05) is 12.1 Å². The molecular weight excluding hydrogens is 442 g/mol. The van der Waals surface area contributed by atoms with Gasteiger partial charge in [0.1, 0.15) is 17.0 Å². The van der Waals surface area contributed by atoms with Crippen LogP contribution in [-0.2, 0) is 6.54 Å². The van der Waals surface area contributed by atoms with Crippen molar-refractivity contribution in [3.63, 3.8) is 0 Å². The van der Waals surface area contributed by atoms with Gasteiger partial charge in [-0.15, -0.1) is 11.3 Å². The van der Waals surface area contributed by atoms with E-state index in [0.717, 1.165) is 53.0 Å². The Morgan fingerprint density at radius 3 is 2.53 bits per heavy atom. The van der Waals surface area contributed by atoms with Gasteiger partial charge in [0.15, 0.2) is 0 Å². The van der Waals surface area contributed by atoms with E-state index in [0.29, 0.717) is 4.90 Å². The van der Waals surface area contributed by atoms with E-state index in [1.54, 1.807) is 29.8 Å². The van der Waals surface area contributed by atoms with E-state index in [1.165, 1.54) is 23.4 Å². The molecule has 0 N–H and O–H groups in total. The number of hydrogen-bond donors (Lipinski definition) is 0. The molecule has 0 aliphatic carbocycles. The van der Waals surface area contributed by atoms with Gasteiger partial charge in [0.25, 0.3) is 5.69 Å². The molecule has 9 heteroatoms. The molecule has 1 aliphatic heterocycles. The molecule has 1 aliphatic rings. The third-order valence-electron chi connectivity index (χ3n) is 5.48. The van der Waals surface area contributed by atoms with Crippen LogP contribution in [0.15, 0.2) is 76.1 Å². The van der Waals surface area contributed by atoms with E-state index >= 15 is 0 Å². The van der Waals surface area contributed by atoms with Crippen LogP contribution in [-0.4, -0.2) is 46.0 Å². The average Bonchev–Trinajstić information content (AvgIpc) is 3.23. The van der Waals surface area contributed by atoms with Crippen LogP contribution in [0.5, 0.6) is 0 Å². The highest BCUT2D eigenvalue weighted by Gasteiger charge is 2.22. The lowest BCUT2D eigenvalue weighted by molar-refractivity contribution is -0.387. The number of aromatic nitrogens is 2. The van der Waals surface area contributed by atoms with E-state index in [9.17, 15) is 10.1 Å². The van der Waals surface area contributed by atoms with Crippen LogP contribution in [0.1, 0.15) is 5.56 Å². The molecule has 0 saturated carbocycles. The summed E-state index contributed by atoms with van der Waals surface area (Å²) in [5.74, 6) is 0.944. The zero-order chi connectivity index (χ0) is 21.9. The number of anilines is 1. The summed E-state index contributed by atoms with van der Waals surface area (Å²) in [5, 5.41) is 12.4. The van der Waals surface area contributed by atoms with E-state index in [4.69, 9.17) is 0 Å². The topological polar surface area (TPSA) is 75.4 Å². The van der Waals surface area contributed by atoms with Gasteiger partial charge in [0.05, 0.1) is 19.4 Å². The molecule has 1 saturated heterocycles. The van der Waals surface area contributed by atoms with Crippen molar-refractivity contribution in [1.82, 2.24) is 14.9 Å². The summed E-state index contributed by atoms with van der Waals surface area (Å²) in [6, 6.07) is 19.4. The Kier molecular flexibility index (Phi) is 6.02. The van der Waals surface area contributed by atoms with Crippen molar-refractivity contribution in [1.29, 1.82) is 0 Å². The summed E-state index contributed by atoms with van der Waals surface area (Å²) in [4.78, 5) is 26.4. The maximum Gasteiger partial charge on any atom is 0.283 e. The number of nitrogens with zero attached hydrogens (tertiary/aromatic N) is 5. The molecule has 5 rings (SSSR count). The van der Waals surface area contributed by atoms with Crippen LogP contribution in [0.3, 0.4) is 0 Å². The third-order valence-corrected chi connectivity index (χ3v) is 7.70. The van der Waals surface area contributed by atoms with Crippen LogP contribution >= 0.6 is 23.1 Å². The van der Waals surface area contributed by atoms with Crippen molar-refractivity contribution in [2.45, 2.75) is 15.6 Å². The van der Waals surface area contributed by atoms with Gasteiger partial charge in [-0.25, -0.2) is 9.97 Å². The number of para-hydroxylation sites is 1. The van der Waals surface area contributed by atoms with Crippen molar-refractivity contribution in [2.75, 3.05) is 31.1 Å². The minimum atomic E-state index is -0.337. The zero-order valence-electron chi connectivity index (χ0n) is 17.3. The lowest BCUT2D eigenvalue weighted by Gasteiger charge is -2.35. The van der Waals surface area contributed by atoms with Gasteiger partial charge in [-0.1, -0.05) is 54.2 Å². The Morgan fingerprint density at radius 2 is 1.75 bits per heavy atom. The number of rotatable bonds is 6. The fraction of sp³-hybridized carbons (Fsp3) is 0.217. The molecule has 1 fully saturated rings. The Bertz CT molecular complexity index is 1240. The van der Waals surface area contributed by atoms with Crippen LogP contribution in [0.25, 0.3) is 10.2 Å². The number of thiophene rings is 1. The number of fused-ring (bicyclic) bond motifs is 1. The maximum absolute atomic E-state index is 11.3. The summed E-state index contributed by atoms with van der Waals surface area (Å²) < 4.78 is 0.971. The van der Waals surface area contributed by atoms with Crippen LogP contribution in [0, 0.1) is 10.1 Å². The molecule has 32 heavy (non-hydrogen) atoms. The molecule has 4 aromatic rings. The molecular formula is C23H21N5O2S2. The maximum atomic E-state index is 11.3. The fourth-order valence-electron chi connectivity index (χ4n) is 3.89. The first-order valence-corrected chi connectivity index (χ1v) is 12.0. The van der Waals surface area contributed by atoms with Gasteiger partial charge >= 0.3 is 0 Å². The predicted molar refractivity (Wildman–Crippen MR) is 129 cm³/mol. The Hall–Kier alpha value is -3.01. The van der Waals surface area contributed by atoms with Gasteiger partial charge in [-0.3, -0.25) is 15.0 Å². The largest absolute Gasteiger partial charge is 0.353 e. The van der Waals surface area contributed by atoms with Gasteiger partial charge in [0.2, 0.25) is 0 Å². The highest BCUT2D eigenvalue weighted by atomic mass is 32.2. The Morgan fingerprint density at radius 1 is 1.00 bits per heavy atom. The quantitative estimate of drug-likeness (QED) is 0.292. The van der Waals surface area contributed by atoms with Crippen LogP contribution in [0.4, 0.5) is 11.5 Å². The van der Waals surface area contributed by atoms with Gasteiger partial charge in [-0.2, -0.15) is 0 Å². The Labute approximate surface area is 193 Å². The number of nitro benzene ring substituents is 1. The van der Waals surface area contributed by atoms with Crippen molar-refractivity contribution in [3.05, 3.63) is 82.7 Å². The van der Waals surface area contributed by atoms with Gasteiger partial charge in [-0.05, 0) is 17.7 Å². The summed E-state index contributed by atoms with van der Waals surface area (Å²) in [6.45, 7) is 4.72. The zero-order valence-corrected chi connectivity index (χ0v) is 18.9. The second-order valence-electron chi connectivity index (χ2n) is 7.56. The van der Waals surface area contributed by atoms with Crippen molar-refractivity contribution in [3.8, 4) is 0 Å². The molecule has 7 nitrogen and oxygen atoms in total. The van der Waals surface area contributed by atoms with E-state index < -0.39 is 0 Å². The predicted octanol–water partition coefficient (Wildman–Crippen LogP) is 5.07. The minimum Gasteiger partial charge on any atom is -0.353 e. The summed E-state index contributed by atoms with van der Waals surface area (Å²) in [6.07, 6.45) is 1.62. The highest BCUT2D eigenvalue weighted by molar-refractivity contribution is 8.01. The van der Waals surface area contributed by atoms with Gasteiger partial charge in [0, 0.05) is 38.8 Å². The van der Waals surface area contributed by atoms with Gasteiger partial charge < -0.3 is 4.90 Å². The third kappa shape index (κ3) is 4.45. The number of hydrogen-bond acceptors (Lipinski definition) is 8. The second-order valence-corrected chi connectivity index (χ2v) is 9.93. The Balaban J connectivity index is 1.33. The van der Waals surface area contributed by atoms with Crippen molar-refractivity contribution in [2.24, 2.45) is 0 Å². The summed E-state index contributed by atoms with van der Waals surface area (Å²) in [5.41, 5.74) is 1.45. The normalized spacial score (nSPS) is 14.7. The van der Waals surface area contributed by atoms with Crippen molar-refractivity contribution < 1.29 is 4.92 Å². The molecule has 0 atom stereocenters. The first-order valence-electron chi connectivity index (χ1n) is 10.3. The first-order chi connectivity index (χ1) is 15.7. The molecule has 162 valence electrons. The monoisotopic (exact) mass is 463 g/mol. The fourth-order valence-corrected chi connectivity index (χ4v) is 6.07. The average molecular weight is 464 g/mol. The standard InChI is InChI=1S/C23H21N5O2S2/c29-28(30)19-8-4-5-9-20(19)31-21-14-18-22(24-16-25-23(18)32-21)27-12-10-26(11-13-27)15-17-6-2-1-3-7-17/h1-9,14,16H,10-13,15H2. The lowest BCUT2D eigenvalue weighted by atomic mass is 10.2. The molecule has 2 aromatic carbocycles.